The number of anilines is 2. The molecule has 136 valence electrons. The van der Waals surface area contributed by atoms with E-state index in [2.05, 4.69) is 5.32 Å². The average Bonchev–Trinajstić information content (AvgIpc) is 2.73. The van der Waals surface area contributed by atoms with E-state index >= 15 is 0 Å². The van der Waals surface area contributed by atoms with E-state index in [1.807, 2.05) is 109 Å². The third-order valence-corrected chi connectivity index (χ3v) is 4.40. The molecule has 0 spiro atoms. The quantitative estimate of drug-likeness (QED) is 0.614. The van der Waals surface area contributed by atoms with E-state index in [1.165, 1.54) is 0 Å². The van der Waals surface area contributed by atoms with Crippen molar-refractivity contribution in [2.24, 2.45) is 11.5 Å². The van der Waals surface area contributed by atoms with Crippen molar-refractivity contribution in [3.63, 3.8) is 0 Å². The molecule has 0 heterocycles. The maximum Gasteiger partial charge on any atom is 0.0634 e. The Morgan fingerprint density at radius 2 is 1.19 bits per heavy atom. The number of rotatable bonds is 3. The molecule has 0 aromatic heterocycles. The molecule has 3 aromatic rings. The summed E-state index contributed by atoms with van der Waals surface area (Å²) in [4.78, 5) is 0. The second-order valence-corrected chi connectivity index (χ2v) is 6.51. The van der Waals surface area contributed by atoms with Crippen molar-refractivity contribution >= 4 is 11.4 Å². The molecule has 3 heteroatoms. The maximum atomic E-state index is 6.26. The zero-order valence-corrected chi connectivity index (χ0v) is 15.3. The number of hydrogen-bond donors (Lipinski definition) is 3. The molecule has 0 fully saturated rings. The molecule has 1 atom stereocenters. The van der Waals surface area contributed by atoms with Gasteiger partial charge in [0.05, 0.1) is 5.54 Å². The number of hydrogen-bond acceptors (Lipinski definition) is 3. The van der Waals surface area contributed by atoms with Gasteiger partial charge in [0.1, 0.15) is 0 Å². The largest absolute Gasteiger partial charge is 0.399 e. The van der Waals surface area contributed by atoms with Crippen LogP contribution in [-0.2, 0) is 5.54 Å². The molecule has 0 amide bonds. The summed E-state index contributed by atoms with van der Waals surface area (Å²) in [5.41, 5.74) is 15.7. The fourth-order valence-electron chi connectivity index (χ4n) is 2.84. The van der Waals surface area contributed by atoms with E-state index in [9.17, 15) is 0 Å². The minimum absolute atomic E-state index is 0.385. The van der Waals surface area contributed by atoms with Crippen LogP contribution in [0.5, 0.6) is 0 Å². The lowest BCUT2D eigenvalue weighted by molar-refractivity contribution is 0.562. The first-order valence-electron chi connectivity index (χ1n) is 9.02. The predicted molar refractivity (Wildman–Crippen MR) is 115 cm³/mol. The van der Waals surface area contributed by atoms with Crippen LogP contribution in [0.15, 0.2) is 115 Å². The van der Waals surface area contributed by atoms with Gasteiger partial charge >= 0.3 is 0 Å². The molecule has 3 aromatic carbocycles. The fraction of sp³-hybridized carbons (Fsp3) is 0.0833. The van der Waals surface area contributed by atoms with Crippen molar-refractivity contribution in [1.29, 1.82) is 0 Å². The number of para-hydroxylation sites is 2. The lowest BCUT2D eigenvalue weighted by Crippen LogP contribution is -2.35. The summed E-state index contributed by atoms with van der Waals surface area (Å²) in [6, 6.07) is 30.4. The maximum absolute atomic E-state index is 6.26. The summed E-state index contributed by atoms with van der Waals surface area (Å²) in [7, 11) is 0. The monoisotopic (exact) mass is 355 g/mol. The summed E-state index contributed by atoms with van der Waals surface area (Å²) in [6.07, 6.45) is 6.57. The molecule has 5 N–H and O–H groups in total. The topological polar surface area (TPSA) is 64.1 Å². The van der Waals surface area contributed by atoms with Crippen LogP contribution in [0.3, 0.4) is 0 Å². The van der Waals surface area contributed by atoms with Crippen LogP contribution in [0.25, 0.3) is 0 Å². The molecular weight excluding hydrogens is 330 g/mol. The molecule has 0 bridgehead atoms. The number of nitrogens with one attached hydrogen (secondary N) is 1. The first-order valence-corrected chi connectivity index (χ1v) is 9.02. The van der Waals surface area contributed by atoms with E-state index in [0.717, 1.165) is 29.1 Å². The Bertz CT molecular complexity index is 849. The Labute approximate surface area is 161 Å². The average molecular weight is 355 g/mol. The van der Waals surface area contributed by atoms with Crippen molar-refractivity contribution in [1.82, 2.24) is 0 Å². The number of allylic oxidation sites excluding steroid dienone is 1. The van der Waals surface area contributed by atoms with Gasteiger partial charge in [-0.2, -0.15) is 0 Å². The van der Waals surface area contributed by atoms with Gasteiger partial charge < -0.3 is 16.8 Å². The zero-order chi connectivity index (χ0) is 19.0. The molecule has 1 aliphatic rings. The van der Waals surface area contributed by atoms with Crippen LogP contribution < -0.4 is 16.8 Å². The molecule has 0 saturated heterocycles. The Morgan fingerprint density at radius 1 is 0.704 bits per heavy atom. The van der Waals surface area contributed by atoms with Crippen LogP contribution >= 0.6 is 0 Å². The third kappa shape index (κ3) is 5.33. The number of benzene rings is 3. The highest BCUT2D eigenvalue weighted by atomic mass is 14.9. The molecule has 27 heavy (non-hydrogen) atoms. The molecule has 0 saturated carbocycles. The SMILES string of the molecule is NC1=CCC(N)(c2ccccc2)C=C1.c1ccc(Nc2ccccc2)cc1. The molecule has 3 nitrogen and oxygen atoms in total. The Morgan fingerprint density at radius 3 is 1.63 bits per heavy atom. The highest BCUT2D eigenvalue weighted by Crippen LogP contribution is 2.27. The molecule has 1 unspecified atom stereocenters. The minimum Gasteiger partial charge on any atom is -0.399 e. The smallest absolute Gasteiger partial charge is 0.0634 e. The van der Waals surface area contributed by atoms with Gasteiger partial charge in [-0.25, -0.2) is 0 Å². The minimum atomic E-state index is -0.385. The summed E-state index contributed by atoms with van der Waals surface area (Å²) in [6.45, 7) is 0. The molecule has 1 aliphatic carbocycles. The fourth-order valence-corrected chi connectivity index (χ4v) is 2.84. The van der Waals surface area contributed by atoms with Crippen LogP contribution in [0.1, 0.15) is 12.0 Å². The third-order valence-electron chi connectivity index (χ3n) is 4.40. The van der Waals surface area contributed by atoms with Crippen LogP contribution in [0.2, 0.25) is 0 Å². The predicted octanol–water partition coefficient (Wildman–Crippen LogP) is 5.07. The van der Waals surface area contributed by atoms with Crippen LogP contribution in [0.4, 0.5) is 11.4 Å². The van der Waals surface area contributed by atoms with Crippen LogP contribution in [0, 0.1) is 0 Å². The molecule has 0 aliphatic heterocycles. The van der Waals surface area contributed by atoms with Gasteiger partial charge in [-0.15, -0.1) is 0 Å². The van der Waals surface area contributed by atoms with Crippen molar-refractivity contribution in [3.8, 4) is 0 Å². The van der Waals surface area contributed by atoms with Gasteiger partial charge in [0.15, 0.2) is 0 Å². The molecular formula is C24H25N3. The first-order chi connectivity index (χ1) is 13.2. The van der Waals surface area contributed by atoms with Crippen molar-refractivity contribution in [2.75, 3.05) is 5.32 Å². The van der Waals surface area contributed by atoms with Gasteiger partial charge in [-0.05, 0) is 42.3 Å². The summed E-state index contributed by atoms with van der Waals surface area (Å²) >= 11 is 0. The molecule has 4 rings (SSSR count). The summed E-state index contributed by atoms with van der Waals surface area (Å²) in [5.74, 6) is 0. The van der Waals surface area contributed by atoms with E-state index in [0.29, 0.717) is 0 Å². The Hall–Kier alpha value is -3.30. The molecule has 0 radical (unpaired) electrons. The normalized spacial score (nSPS) is 18.0. The van der Waals surface area contributed by atoms with Crippen molar-refractivity contribution in [2.45, 2.75) is 12.0 Å². The highest BCUT2D eigenvalue weighted by Gasteiger charge is 2.24. The van der Waals surface area contributed by atoms with Gasteiger partial charge in [0, 0.05) is 17.1 Å². The summed E-state index contributed by atoms with van der Waals surface area (Å²) < 4.78 is 0. The zero-order valence-electron chi connectivity index (χ0n) is 15.3. The number of nitrogens with two attached hydrogens (primary N) is 2. The summed E-state index contributed by atoms with van der Waals surface area (Å²) in [5, 5.41) is 3.30. The second kappa shape index (κ2) is 8.88. The Kier molecular flexibility index (Phi) is 6.08. The van der Waals surface area contributed by atoms with Gasteiger partial charge in [-0.1, -0.05) is 78.9 Å². The van der Waals surface area contributed by atoms with Crippen molar-refractivity contribution < 1.29 is 0 Å². The first kappa shape index (κ1) is 18.5. The standard InChI is InChI=1S/C12H14N2.C12H11N/c13-11-6-8-12(14,9-7-11)10-4-2-1-3-5-10;1-3-7-11(8-4-1)13-12-9-5-2-6-10-12/h1-8H,9,13-14H2;1-10,13H. The van der Waals surface area contributed by atoms with E-state index in [4.69, 9.17) is 11.5 Å². The van der Waals surface area contributed by atoms with Gasteiger partial charge in [0.25, 0.3) is 0 Å². The van der Waals surface area contributed by atoms with Crippen molar-refractivity contribution in [3.05, 3.63) is 120 Å². The van der Waals surface area contributed by atoms with E-state index in [1.54, 1.807) is 0 Å². The lowest BCUT2D eigenvalue weighted by Gasteiger charge is -2.27. The van der Waals surface area contributed by atoms with Crippen LogP contribution in [-0.4, -0.2) is 0 Å². The van der Waals surface area contributed by atoms with Gasteiger partial charge in [-0.3, -0.25) is 0 Å². The Balaban J connectivity index is 0.000000156. The van der Waals surface area contributed by atoms with E-state index in [-0.39, 0.29) is 5.54 Å². The van der Waals surface area contributed by atoms with E-state index < -0.39 is 0 Å². The second-order valence-electron chi connectivity index (χ2n) is 6.51. The lowest BCUT2D eigenvalue weighted by atomic mass is 9.84. The highest BCUT2D eigenvalue weighted by molar-refractivity contribution is 5.58. The van der Waals surface area contributed by atoms with Gasteiger partial charge in [0.2, 0.25) is 0 Å².